The van der Waals surface area contributed by atoms with E-state index >= 15 is 0 Å². The third kappa shape index (κ3) is 4.83. The van der Waals surface area contributed by atoms with Crippen LogP contribution < -0.4 is 0 Å². The molecule has 7 atom stereocenters. The normalized spacial score (nSPS) is 40.9. The third-order valence-electron chi connectivity index (χ3n) is 9.07. The number of hydrogen-bond acceptors (Lipinski definition) is 4. The molecular weight excluding hydrogens is 388 g/mol. The number of aliphatic hydroxyl groups excluding tert-OH is 2. The molecule has 1 aliphatic heterocycles. The van der Waals surface area contributed by atoms with E-state index in [0.29, 0.717) is 23.7 Å². The van der Waals surface area contributed by atoms with E-state index in [-0.39, 0.29) is 12.2 Å². The van der Waals surface area contributed by atoms with Crippen LogP contribution in [0.2, 0.25) is 0 Å². The maximum atomic E-state index is 10.4. The molecule has 0 spiro atoms. The van der Waals surface area contributed by atoms with Crippen LogP contribution in [-0.2, 0) is 4.74 Å². The lowest BCUT2D eigenvalue weighted by Crippen LogP contribution is -2.36. The van der Waals surface area contributed by atoms with Gasteiger partial charge in [-0.15, -0.1) is 0 Å². The van der Waals surface area contributed by atoms with Crippen molar-refractivity contribution in [2.45, 2.75) is 122 Å². The fourth-order valence-corrected chi connectivity index (χ4v) is 7.46. The Morgan fingerprint density at radius 3 is 2.68 bits per heavy atom. The molecule has 3 aliphatic carbocycles. The Balaban J connectivity index is 1.47. The largest absolute Gasteiger partial charge is 0.393 e. The van der Waals surface area contributed by atoms with Crippen LogP contribution in [-0.4, -0.2) is 39.4 Å². The molecule has 0 amide bonds. The summed E-state index contributed by atoms with van der Waals surface area (Å²) in [7, 11) is 0. The number of rotatable bonds is 6. The standard InChI is InChI=1S/C27H44O4/c1-17(7-5-13-26(2,3)30)22-11-12-23-18(8-6-14-27(22,23)4)15-24-21-16-19(28)9-10-20(21)25(29)31-24/h15,17,19,22-25,28-30H,5-14,16H2,1-4H3/b18-15+. The molecule has 7 unspecified atom stereocenters. The van der Waals surface area contributed by atoms with E-state index in [1.54, 1.807) is 0 Å². The molecule has 2 fully saturated rings. The lowest BCUT2D eigenvalue weighted by molar-refractivity contribution is -0.0688. The fourth-order valence-electron chi connectivity index (χ4n) is 7.46. The Bertz CT molecular complexity index is 717. The zero-order valence-corrected chi connectivity index (χ0v) is 20.1. The number of allylic oxidation sites excluding steroid dienone is 1. The average molecular weight is 433 g/mol. The van der Waals surface area contributed by atoms with Crippen LogP contribution in [0.5, 0.6) is 0 Å². The van der Waals surface area contributed by atoms with Gasteiger partial charge in [-0.25, -0.2) is 0 Å². The molecule has 176 valence electrons. The van der Waals surface area contributed by atoms with E-state index in [2.05, 4.69) is 19.9 Å². The number of hydrogen-bond donors (Lipinski definition) is 3. The van der Waals surface area contributed by atoms with Gasteiger partial charge in [0.2, 0.25) is 0 Å². The van der Waals surface area contributed by atoms with Crippen molar-refractivity contribution in [3.05, 3.63) is 22.8 Å². The van der Waals surface area contributed by atoms with Crippen molar-refractivity contribution in [3.63, 3.8) is 0 Å². The molecule has 0 saturated heterocycles. The second kappa shape index (κ2) is 8.93. The predicted octanol–water partition coefficient (Wildman–Crippen LogP) is 5.27. The summed E-state index contributed by atoms with van der Waals surface area (Å²) in [6.45, 7) is 8.78. The molecule has 0 aromatic rings. The Morgan fingerprint density at radius 2 is 1.94 bits per heavy atom. The maximum Gasteiger partial charge on any atom is 0.178 e. The molecular formula is C27H44O4. The van der Waals surface area contributed by atoms with Gasteiger partial charge < -0.3 is 20.1 Å². The fraction of sp³-hybridized carbons (Fsp3) is 0.852. The van der Waals surface area contributed by atoms with Crippen molar-refractivity contribution < 1.29 is 20.1 Å². The lowest BCUT2D eigenvalue weighted by Gasteiger charge is -2.44. The summed E-state index contributed by atoms with van der Waals surface area (Å²) in [4.78, 5) is 0. The van der Waals surface area contributed by atoms with Crippen molar-refractivity contribution >= 4 is 0 Å². The molecule has 0 bridgehead atoms. The molecule has 4 rings (SSSR count). The van der Waals surface area contributed by atoms with E-state index in [1.165, 1.54) is 37.7 Å². The smallest absolute Gasteiger partial charge is 0.178 e. The molecule has 0 aromatic carbocycles. The van der Waals surface area contributed by atoms with Gasteiger partial charge in [0, 0.05) is 0 Å². The second-order valence-corrected chi connectivity index (χ2v) is 11.9. The highest BCUT2D eigenvalue weighted by Gasteiger charge is 2.51. The number of ether oxygens (including phenoxy) is 1. The minimum Gasteiger partial charge on any atom is -0.393 e. The van der Waals surface area contributed by atoms with Gasteiger partial charge in [-0.1, -0.05) is 38.3 Å². The quantitative estimate of drug-likeness (QED) is 0.500. The summed E-state index contributed by atoms with van der Waals surface area (Å²) < 4.78 is 5.97. The summed E-state index contributed by atoms with van der Waals surface area (Å²) in [6, 6.07) is 0. The monoisotopic (exact) mass is 432 g/mol. The Morgan fingerprint density at radius 1 is 1.16 bits per heavy atom. The van der Waals surface area contributed by atoms with E-state index in [0.717, 1.165) is 49.2 Å². The molecule has 0 aromatic heterocycles. The second-order valence-electron chi connectivity index (χ2n) is 11.9. The summed E-state index contributed by atoms with van der Waals surface area (Å²) in [5, 5.41) is 30.6. The van der Waals surface area contributed by atoms with E-state index < -0.39 is 11.9 Å². The molecule has 0 radical (unpaired) electrons. The van der Waals surface area contributed by atoms with Crippen molar-refractivity contribution in [2.75, 3.05) is 0 Å². The molecule has 3 N–H and O–H groups in total. The van der Waals surface area contributed by atoms with Crippen molar-refractivity contribution in [1.82, 2.24) is 0 Å². The Hall–Kier alpha value is -0.680. The van der Waals surface area contributed by atoms with Gasteiger partial charge in [-0.2, -0.15) is 0 Å². The van der Waals surface area contributed by atoms with Crippen LogP contribution in [0.4, 0.5) is 0 Å². The summed E-state index contributed by atoms with van der Waals surface area (Å²) >= 11 is 0. The van der Waals surface area contributed by atoms with Crippen molar-refractivity contribution in [2.24, 2.45) is 23.2 Å². The number of aliphatic hydroxyl groups is 3. The van der Waals surface area contributed by atoms with Crippen LogP contribution in [0, 0.1) is 23.2 Å². The third-order valence-corrected chi connectivity index (χ3v) is 9.07. The van der Waals surface area contributed by atoms with Gasteiger partial charge in [-0.05, 0) is 106 Å². The first kappa shape index (κ1) is 23.5. The lowest BCUT2D eigenvalue weighted by atomic mass is 9.60. The van der Waals surface area contributed by atoms with Crippen LogP contribution >= 0.6 is 0 Å². The Labute approximate surface area is 188 Å². The highest BCUT2D eigenvalue weighted by molar-refractivity contribution is 5.34. The molecule has 1 heterocycles. The van der Waals surface area contributed by atoms with Crippen LogP contribution in [0.15, 0.2) is 22.8 Å². The van der Waals surface area contributed by atoms with E-state index in [1.807, 2.05) is 13.8 Å². The zero-order chi connectivity index (χ0) is 22.4. The van der Waals surface area contributed by atoms with E-state index in [9.17, 15) is 15.3 Å². The van der Waals surface area contributed by atoms with Gasteiger partial charge in [0.05, 0.1) is 11.7 Å². The minimum absolute atomic E-state index is 0.152. The van der Waals surface area contributed by atoms with Gasteiger partial charge >= 0.3 is 0 Å². The summed E-state index contributed by atoms with van der Waals surface area (Å²) in [6.07, 6.45) is 12.6. The summed E-state index contributed by atoms with van der Waals surface area (Å²) in [5.41, 5.74) is 3.48. The molecule has 4 aliphatic rings. The SMILES string of the molecule is CC(CCCC(C)(C)O)C1CCC2/C(=C/C3OC(O)C4=C3CC(O)CC4)CCCC21C. The molecule has 2 saturated carbocycles. The predicted molar refractivity (Wildman–Crippen MR) is 123 cm³/mol. The first-order valence-electron chi connectivity index (χ1n) is 12.7. The van der Waals surface area contributed by atoms with E-state index in [4.69, 9.17) is 4.74 Å². The van der Waals surface area contributed by atoms with Crippen LogP contribution in [0.25, 0.3) is 0 Å². The topological polar surface area (TPSA) is 69.9 Å². The average Bonchev–Trinajstić information content (AvgIpc) is 3.18. The van der Waals surface area contributed by atoms with Gasteiger partial charge in [0.25, 0.3) is 0 Å². The first-order valence-corrected chi connectivity index (χ1v) is 12.7. The molecule has 31 heavy (non-hydrogen) atoms. The first-order chi connectivity index (χ1) is 14.6. The highest BCUT2D eigenvalue weighted by atomic mass is 16.6. The molecule has 4 heteroatoms. The maximum absolute atomic E-state index is 10.4. The zero-order valence-electron chi connectivity index (χ0n) is 20.1. The number of fused-ring (bicyclic) bond motifs is 1. The van der Waals surface area contributed by atoms with Crippen molar-refractivity contribution in [1.29, 1.82) is 0 Å². The molecule has 4 nitrogen and oxygen atoms in total. The van der Waals surface area contributed by atoms with Crippen LogP contribution in [0.3, 0.4) is 0 Å². The Kier molecular flexibility index (Phi) is 6.76. The minimum atomic E-state index is -0.786. The van der Waals surface area contributed by atoms with Gasteiger partial charge in [-0.3, -0.25) is 0 Å². The van der Waals surface area contributed by atoms with Crippen LogP contribution in [0.1, 0.15) is 98.3 Å². The van der Waals surface area contributed by atoms with Crippen molar-refractivity contribution in [3.8, 4) is 0 Å². The highest BCUT2D eigenvalue weighted by Crippen LogP contribution is 2.60. The summed E-state index contributed by atoms with van der Waals surface area (Å²) in [5.74, 6) is 2.04. The van der Waals surface area contributed by atoms with Gasteiger partial charge in [0.15, 0.2) is 6.29 Å². The van der Waals surface area contributed by atoms with Gasteiger partial charge in [0.1, 0.15) is 6.10 Å².